The standard InChI is InChI=1S/C23H24ClN5OS/c24-20-9-5-4-8-18(20)10-11-21(30)26-23-28-27-22(31-23)25-19-12-14-29(15-13-19)16-17-6-2-1-3-7-17/h1-11,19H,12-16H2,(H,25,27)(H,26,28,30). The van der Waals surface area contributed by atoms with Crippen LogP contribution in [0.2, 0.25) is 5.02 Å². The van der Waals surface area contributed by atoms with Crippen LogP contribution < -0.4 is 10.6 Å². The quantitative estimate of drug-likeness (QED) is 0.497. The first-order chi connectivity index (χ1) is 15.2. The van der Waals surface area contributed by atoms with Crippen LogP contribution in [0.15, 0.2) is 60.7 Å². The number of halogens is 1. The minimum atomic E-state index is -0.267. The molecule has 0 radical (unpaired) electrons. The van der Waals surface area contributed by atoms with Gasteiger partial charge in [-0.25, -0.2) is 0 Å². The molecule has 4 rings (SSSR count). The molecule has 0 bridgehead atoms. The lowest BCUT2D eigenvalue weighted by Gasteiger charge is -2.32. The number of nitrogens with one attached hydrogen (secondary N) is 2. The van der Waals surface area contributed by atoms with Gasteiger partial charge >= 0.3 is 0 Å². The Bertz CT molecular complexity index is 1030. The second-order valence-corrected chi connectivity index (χ2v) is 8.82. The number of benzene rings is 2. The summed E-state index contributed by atoms with van der Waals surface area (Å²) in [6.07, 6.45) is 5.22. The van der Waals surface area contributed by atoms with Crippen molar-refractivity contribution in [1.82, 2.24) is 15.1 Å². The van der Waals surface area contributed by atoms with E-state index in [-0.39, 0.29) is 5.91 Å². The predicted molar refractivity (Wildman–Crippen MR) is 127 cm³/mol. The average molecular weight is 454 g/mol. The topological polar surface area (TPSA) is 70.1 Å². The number of piperidine rings is 1. The third-order valence-corrected chi connectivity index (χ3v) is 6.25. The van der Waals surface area contributed by atoms with Crippen molar-refractivity contribution in [3.63, 3.8) is 0 Å². The monoisotopic (exact) mass is 453 g/mol. The van der Waals surface area contributed by atoms with Crippen LogP contribution in [0.25, 0.3) is 6.08 Å². The third-order valence-electron chi connectivity index (χ3n) is 5.14. The van der Waals surface area contributed by atoms with Crippen LogP contribution in [-0.2, 0) is 11.3 Å². The average Bonchev–Trinajstić information content (AvgIpc) is 3.22. The summed E-state index contributed by atoms with van der Waals surface area (Å²) in [7, 11) is 0. The molecule has 31 heavy (non-hydrogen) atoms. The van der Waals surface area contributed by atoms with Crippen molar-refractivity contribution in [3.05, 3.63) is 76.8 Å². The number of anilines is 2. The minimum absolute atomic E-state index is 0.267. The van der Waals surface area contributed by atoms with Gasteiger partial charge in [0.05, 0.1) is 0 Å². The number of aromatic nitrogens is 2. The molecule has 2 N–H and O–H groups in total. The van der Waals surface area contributed by atoms with E-state index in [1.165, 1.54) is 23.0 Å². The first-order valence-corrected chi connectivity index (χ1v) is 11.4. The van der Waals surface area contributed by atoms with Crippen LogP contribution >= 0.6 is 22.9 Å². The van der Waals surface area contributed by atoms with Crippen molar-refractivity contribution in [2.24, 2.45) is 0 Å². The Balaban J connectivity index is 1.23. The molecule has 1 aliphatic heterocycles. The zero-order valence-electron chi connectivity index (χ0n) is 17.0. The summed E-state index contributed by atoms with van der Waals surface area (Å²) in [5.41, 5.74) is 2.14. The van der Waals surface area contributed by atoms with Gasteiger partial charge in [-0.05, 0) is 36.1 Å². The molecule has 2 aromatic carbocycles. The molecule has 1 fully saturated rings. The van der Waals surface area contributed by atoms with E-state index in [9.17, 15) is 4.79 Å². The fourth-order valence-electron chi connectivity index (χ4n) is 3.51. The van der Waals surface area contributed by atoms with Crippen molar-refractivity contribution in [2.45, 2.75) is 25.4 Å². The summed E-state index contributed by atoms with van der Waals surface area (Å²) >= 11 is 7.44. The lowest BCUT2D eigenvalue weighted by molar-refractivity contribution is -0.111. The molecule has 2 heterocycles. The van der Waals surface area contributed by atoms with E-state index in [1.807, 2.05) is 24.3 Å². The van der Waals surface area contributed by atoms with Gasteiger partial charge in [0.2, 0.25) is 16.2 Å². The predicted octanol–water partition coefficient (Wildman–Crippen LogP) is 4.92. The summed E-state index contributed by atoms with van der Waals surface area (Å²) in [6.45, 7) is 3.08. The molecule has 0 aliphatic carbocycles. The maximum atomic E-state index is 12.2. The largest absolute Gasteiger partial charge is 0.357 e. The van der Waals surface area contributed by atoms with E-state index in [1.54, 1.807) is 12.1 Å². The Morgan fingerprint density at radius 1 is 1.06 bits per heavy atom. The fourth-order valence-corrected chi connectivity index (χ4v) is 4.43. The Labute approximate surface area is 191 Å². The lowest BCUT2D eigenvalue weighted by Crippen LogP contribution is -2.38. The van der Waals surface area contributed by atoms with Crippen molar-refractivity contribution >= 4 is 45.2 Å². The summed E-state index contributed by atoms with van der Waals surface area (Å²) in [6, 6.07) is 18.3. The molecule has 6 nitrogen and oxygen atoms in total. The number of likely N-dealkylation sites (tertiary alicyclic amines) is 1. The van der Waals surface area contributed by atoms with E-state index in [2.05, 4.69) is 50.0 Å². The minimum Gasteiger partial charge on any atom is -0.357 e. The van der Waals surface area contributed by atoms with Crippen LogP contribution in [0, 0.1) is 0 Å². The number of carbonyl (C=O) groups excluding carboxylic acids is 1. The van der Waals surface area contributed by atoms with E-state index < -0.39 is 0 Å². The molecule has 0 spiro atoms. The van der Waals surface area contributed by atoms with Crippen LogP contribution in [0.1, 0.15) is 24.0 Å². The normalized spacial score (nSPS) is 15.3. The Kier molecular flexibility index (Phi) is 7.30. The van der Waals surface area contributed by atoms with E-state index >= 15 is 0 Å². The van der Waals surface area contributed by atoms with Gasteiger partial charge in [0.1, 0.15) is 0 Å². The number of hydrogen-bond donors (Lipinski definition) is 2. The van der Waals surface area contributed by atoms with E-state index in [0.29, 0.717) is 16.2 Å². The van der Waals surface area contributed by atoms with Gasteiger partial charge in [0.25, 0.3) is 0 Å². The molecule has 0 saturated carbocycles. The molecule has 3 aromatic rings. The second-order valence-electron chi connectivity index (χ2n) is 7.44. The van der Waals surface area contributed by atoms with Gasteiger partial charge < -0.3 is 5.32 Å². The van der Waals surface area contributed by atoms with Gasteiger partial charge in [-0.2, -0.15) is 0 Å². The summed E-state index contributed by atoms with van der Waals surface area (Å²) in [4.78, 5) is 14.6. The maximum absolute atomic E-state index is 12.2. The smallest absolute Gasteiger partial charge is 0.250 e. The summed E-state index contributed by atoms with van der Waals surface area (Å²) in [5, 5.41) is 16.2. The molecule has 0 unspecified atom stereocenters. The molecule has 1 aliphatic rings. The number of amides is 1. The molecule has 8 heteroatoms. The molecule has 1 saturated heterocycles. The maximum Gasteiger partial charge on any atom is 0.250 e. The van der Waals surface area contributed by atoms with Crippen LogP contribution in [0.5, 0.6) is 0 Å². The molecular weight excluding hydrogens is 430 g/mol. The molecule has 1 amide bonds. The highest BCUT2D eigenvalue weighted by Crippen LogP contribution is 2.24. The Hall–Kier alpha value is -2.74. The number of carbonyl (C=O) groups is 1. The highest BCUT2D eigenvalue weighted by Gasteiger charge is 2.20. The lowest BCUT2D eigenvalue weighted by atomic mass is 10.0. The van der Waals surface area contributed by atoms with Crippen LogP contribution in [0.3, 0.4) is 0 Å². The zero-order valence-corrected chi connectivity index (χ0v) is 18.6. The second kappa shape index (κ2) is 10.5. The molecule has 0 atom stereocenters. The SMILES string of the molecule is O=C(C=Cc1ccccc1Cl)Nc1nnc(NC2CCN(Cc3ccccc3)CC2)s1. The van der Waals surface area contributed by atoms with Gasteiger partial charge in [0, 0.05) is 36.8 Å². The highest BCUT2D eigenvalue weighted by molar-refractivity contribution is 7.19. The van der Waals surface area contributed by atoms with E-state index in [4.69, 9.17) is 11.6 Å². The van der Waals surface area contributed by atoms with Crippen LogP contribution in [0.4, 0.5) is 10.3 Å². The van der Waals surface area contributed by atoms with Crippen molar-refractivity contribution in [2.75, 3.05) is 23.7 Å². The first-order valence-electron chi connectivity index (χ1n) is 10.3. The van der Waals surface area contributed by atoms with Gasteiger partial charge in [0.15, 0.2) is 0 Å². The van der Waals surface area contributed by atoms with Crippen molar-refractivity contribution in [1.29, 1.82) is 0 Å². The van der Waals surface area contributed by atoms with Gasteiger partial charge in [-0.15, -0.1) is 10.2 Å². The van der Waals surface area contributed by atoms with Crippen molar-refractivity contribution < 1.29 is 4.79 Å². The molecule has 160 valence electrons. The van der Waals surface area contributed by atoms with Gasteiger partial charge in [-0.3, -0.25) is 15.0 Å². The zero-order chi connectivity index (χ0) is 21.5. The number of nitrogens with zero attached hydrogens (tertiary/aromatic N) is 3. The Morgan fingerprint density at radius 3 is 2.55 bits per heavy atom. The van der Waals surface area contributed by atoms with Gasteiger partial charge in [-0.1, -0.05) is 71.5 Å². The van der Waals surface area contributed by atoms with Crippen LogP contribution in [-0.4, -0.2) is 40.1 Å². The number of hydrogen-bond acceptors (Lipinski definition) is 6. The summed E-state index contributed by atoms with van der Waals surface area (Å²) < 4.78 is 0. The number of rotatable bonds is 7. The van der Waals surface area contributed by atoms with Crippen molar-refractivity contribution in [3.8, 4) is 0 Å². The first kappa shape index (κ1) is 21.5. The third kappa shape index (κ3) is 6.37. The van der Waals surface area contributed by atoms with E-state index in [0.717, 1.165) is 43.2 Å². The molecular formula is C23H24ClN5OS. The highest BCUT2D eigenvalue weighted by atomic mass is 35.5. The Morgan fingerprint density at radius 2 is 1.77 bits per heavy atom. The molecule has 1 aromatic heterocycles. The fraction of sp³-hybridized carbons (Fsp3) is 0.261. The summed E-state index contributed by atoms with van der Waals surface area (Å²) in [5.74, 6) is -0.267.